The zero-order chi connectivity index (χ0) is 24.1. The van der Waals surface area contributed by atoms with Crippen LogP contribution >= 0.6 is 0 Å². The number of fused-ring (bicyclic) bond motifs is 1. The Kier molecular flexibility index (Phi) is 6.34. The van der Waals surface area contributed by atoms with Crippen LogP contribution in [-0.4, -0.2) is 72.5 Å². The molecule has 0 saturated carbocycles. The van der Waals surface area contributed by atoms with E-state index in [9.17, 15) is 18.3 Å². The molecule has 14 heteroatoms. The third kappa shape index (κ3) is 4.74. The summed E-state index contributed by atoms with van der Waals surface area (Å²) in [7, 11) is -6.15. The highest BCUT2D eigenvalue weighted by molar-refractivity contribution is 7.85. The van der Waals surface area contributed by atoms with Crippen molar-refractivity contribution in [2.24, 2.45) is 0 Å². The molecule has 0 spiro atoms. The van der Waals surface area contributed by atoms with Crippen LogP contribution in [0.3, 0.4) is 0 Å². The number of nitrogens with one attached hydrogen (secondary N) is 1. The second kappa shape index (κ2) is 8.18. The van der Waals surface area contributed by atoms with E-state index in [0.717, 1.165) is 6.26 Å². The van der Waals surface area contributed by atoms with E-state index >= 15 is 0 Å². The van der Waals surface area contributed by atoms with Crippen molar-refractivity contribution >= 4 is 35.5 Å². The van der Waals surface area contributed by atoms with Gasteiger partial charge in [-0.3, -0.25) is 18.5 Å². The van der Waals surface area contributed by atoms with Crippen molar-refractivity contribution in [2.75, 3.05) is 25.2 Å². The summed E-state index contributed by atoms with van der Waals surface area (Å²) in [4.78, 5) is 22.8. The molecule has 3 rings (SSSR count). The normalized spacial score (nSPS) is 25.0. The molecule has 0 amide bonds. The number of hydrogen-bond acceptors (Lipinski definition) is 10. The van der Waals surface area contributed by atoms with Crippen LogP contribution in [0.1, 0.15) is 33.4 Å². The van der Waals surface area contributed by atoms with Gasteiger partial charge in [0.2, 0.25) is 5.95 Å². The van der Waals surface area contributed by atoms with E-state index in [4.69, 9.17) is 19.1 Å². The number of hydrogen-bond donors (Lipinski definition) is 3. The van der Waals surface area contributed by atoms with Crippen molar-refractivity contribution in [3.63, 3.8) is 0 Å². The van der Waals surface area contributed by atoms with Crippen LogP contribution in [0.25, 0.3) is 11.2 Å². The van der Waals surface area contributed by atoms with Crippen LogP contribution in [0.4, 0.5) is 5.95 Å². The molecule has 32 heavy (non-hydrogen) atoms. The van der Waals surface area contributed by atoms with Gasteiger partial charge in [0.15, 0.2) is 19.5 Å². The molecule has 2 aromatic rings. The third-order valence-corrected chi connectivity index (χ3v) is 11.2. The van der Waals surface area contributed by atoms with Crippen molar-refractivity contribution in [2.45, 2.75) is 63.3 Å². The summed E-state index contributed by atoms with van der Waals surface area (Å²) in [6, 6.07) is 0. The smallest absolute Gasteiger partial charge is 0.280 e. The van der Waals surface area contributed by atoms with Gasteiger partial charge in [-0.2, -0.15) is 13.4 Å². The summed E-state index contributed by atoms with van der Waals surface area (Å²) in [5.74, 6) is -0.0786. The highest BCUT2D eigenvalue weighted by Gasteiger charge is 2.54. The lowest BCUT2D eigenvalue weighted by molar-refractivity contribution is -0.141. The summed E-state index contributed by atoms with van der Waals surface area (Å²) >= 11 is 0. The van der Waals surface area contributed by atoms with E-state index in [0.29, 0.717) is 0 Å². The molecule has 12 nitrogen and oxygen atoms in total. The summed E-state index contributed by atoms with van der Waals surface area (Å²) < 4.78 is 42.7. The fraction of sp³-hybridized carbons (Fsp3) is 0.722. The Labute approximate surface area is 187 Å². The molecule has 1 fully saturated rings. The molecule has 2 aromatic heterocycles. The number of nitrogens with two attached hydrogens (primary N) is 1. The largest absolute Gasteiger partial charge is 0.411 e. The number of aromatic amines is 1. The Morgan fingerprint density at radius 1 is 1.44 bits per heavy atom. The van der Waals surface area contributed by atoms with Crippen LogP contribution in [0.5, 0.6) is 0 Å². The molecule has 180 valence electrons. The quantitative estimate of drug-likeness (QED) is 0.371. The fourth-order valence-corrected chi connectivity index (χ4v) is 5.11. The molecule has 0 bridgehead atoms. The number of aromatic nitrogens is 4. The van der Waals surface area contributed by atoms with E-state index in [1.54, 1.807) is 0 Å². The van der Waals surface area contributed by atoms with Crippen molar-refractivity contribution in [1.29, 1.82) is 0 Å². The number of aliphatic hydroxyl groups excluding tert-OH is 1. The number of H-pyrrole nitrogens is 1. The average Bonchev–Trinajstić information content (AvgIpc) is 3.20. The van der Waals surface area contributed by atoms with Gasteiger partial charge in [0.1, 0.15) is 18.4 Å². The molecular weight excluding hydrogens is 458 g/mol. The maximum absolute atomic E-state index is 12.1. The molecule has 4 N–H and O–H groups in total. The number of aliphatic hydroxyl groups is 1. The molecule has 3 heterocycles. The third-order valence-electron chi connectivity index (χ3n) is 6.16. The molecule has 1 saturated heterocycles. The standard InChI is InChI=1S/C18H31N5O7SSi/c1-17(2,3)32(5,6)30-11-7-12(29-18(11,8-24)9-28-31(4,26)27)23-10-20-13-14(23)21-16(19)22-15(13)25/h10-12,24H,7-9H2,1-6H3,(H3,19,21,22,25)/t11?,12-,18+/m1/s1. The van der Waals surface area contributed by atoms with E-state index in [-0.39, 0.29) is 28.6 Å². The first-order valence-corrected chi connectivity index (χ1v) is 14.8. The molecule has 0 radical (unpaired) electrons. The number of imidazole rings is 1. The maximum Gasteiger partial charge on any atom is 0.280 e. The predicted molar refractivity (Wildman–Crippen MR) is 120 cm³/mol. The molecular formula is C18H31N5O7SSi. The second-order valence-corrected chi connectivity index (χ2v) is 16.0. The zero-order valence-electron chi connectivity index (χ0n) is 19.1. The summed E-state index contributed by atoms with van der Waals surface area (Å²) in [6.07, 6.45) is 1.14. The van der Waals surface area contributed by atoms with Gasteiger partial charge in [-0.05, 0) is 18.1 Å². The minimum absolute atomic E-state index is 0.0786. The monoisotopic (exact) mass is 489 g/mol. The van der Waals surface area contributed by atoms with Crippen LogP contribution in [0, 0.1) is 0 Å². The van der Waals surface area contributed by atoms with Gasteiger partial charge in [-0.1, -0.05) is 20.8 Å². The van der Waals surface area contributed by atoms with Crippen LogP contribution in [0.15, 0.2) is 11.1 Å². The fourth-order valence-electron chi connectivity index (χ4n) is 3.32. The first-order valence-electron chi connectivity index (χ1n) is 10.1. The average molecular weight is 490 g/mol. The van der Waals surface area contributed by atoms with Crippen molar-refractivity contribution < 1.29 is 26.9 Å². The van der Waals surface area contributed by atoms with Gasteiger partial charge in [-0.15, -0.1) is 0 Å². The zero-order valence-corrected chi connectivity index (χ0v) is 20.9. The van der Waals surface area contributed by atoms with Gasteiger partial charge in [0.25, 0.3) is 15.7 Å². The number of ether oxygens (including phenoxy) is 1. The first kappa shape index (κ1) is 24.8. The van der Waals surface area contributed by atoms with Gasteiger partial charge in [0, 0.05) is 6.42 Å². The van der Waals surface area contributed by atoms with Crippen LogP contribution in [-0.2, 0) is 23.5 Å². The van der Waals surface area contributed by atoms with E-state index < -0.39 is 55.1 Å². The summed E-state index contributed by atoms with van der Waals surface area (Å²) in [5, 5.41) is 10.2. The molecule has 1 unspecified atom stereocenters. The first-order chi connectivity index (χ1) is 14.6. The van der Waals surface area contributed by atoms with Crippen LogP contribution < -0.4 is 11.3 Å². The minimum atomic E-state index is -3.80. The topological polar surface area (TPSA) is 172 Å². The Bertz CT molecular complexity index is 1160. The highest BCUT2D eigenvalue weighted by atomic mass is 32.2. The Morgan fingerprint density at radius 3 is 2.66 bits per heavy atom. The molecule has 1 aliphatic heterocycles. The van der Waals surface area contributed by atoms with Crippen molar-refractivity contribution in [3.05, 3.63) is 16.7 Å². The molecule has 3 atom stereocenters. The molecule has 0 aromatic carbocycles. The Morgan fingerprint density at radius 2 is 2.09 bits per heavy atom. The molecule has 0 aliphatic carbocycles. The lowest BCUT2D eigenvalue weighted by Crippen LogP contribution is -2.54. The lowest BCUT2D eigenvalue weighted by atomic mass is 9.99. The van der Waals surface area contributed by atoms with E-state index in [1.807, 2.05) is 13.1 Å². The molecule has 1 aliphatic rings. The van der Waals surface area contributed by atoms with Gasteiger partial charge in [-0.25, -0.2) is 4.98 Å². The van der Waals surface area contributed by atoms with Gasteiger partial charge < -0.3 is 20.0 Å². The number of nitrogen functional groups attached to an aromatic ring is 1. The lowest BCUT2D eigenvalue weighted by Gasteiger charge is -2.42. The number of anilines is 1. The summed E-state index contributed by atoms with van der Waals surface area (Å²) in [5.41, 5.74) is 4.04. The Hall–Kier alpha value is -1.84. The van der Waals surface area contributed by atoms with Crippen molar-refractivity contribution in [3.8, 4) is 0 Å². The summed E-state index contributed by atoms with van der Waals surface area (Å²) in [6.45, 7) is 9.35. The second-order valence-electron chi connectivity index (χ2n) is 9.64. The van der Waals surface area contributed by atoms with Gasteiger partial charge in [0.05, 0.1) is 25.3 Å². The van der Waals surface area contributed by atoms with Gasteiger partial charge >= 0.3 is 0 Å². The van der Waals surface area contributed by atoms with Crippen LogP contribution in [0.2, 0.25) is 18.1 Å². The van der Waals surface area contributed by atoms with Crippen molar-refractivity contribution in [1.82, 2.24) is 19.5 Å². The highest BCUT2D eigenvalue weighted by Crippen LogP contribution is 2.45. The predicted octanol–water partition coefficient (Wildman–Crippen LogP) is 0.718. The SMILES string of the molecule is CC(C)(C)[Si](C)(C)OC1C[C@H](n2cnc3c(=O)[nH]c(N)nc32)O[C@@]1(CO)COS(C)(=O)=O. The number of nitrogens with zero attached hydrogens (tertiary/aromatic N) is 3. The Balaban J connectivity index is 2.04. The van der Waals surface area contributed by atoms with E-state index in [2.05, 4.69) is 35.7 Å². The van der Waals surface area contributed by atoms with E-state index in [1.165, 1.54) is 10.9 Å². The minimum Gasteiger partial charge on any atom is -0.411 e. The number of rotatable bonds is 7. The maximum atomic E-state index is 12.1.